The van der Waals surface area contributed by atoms with E-state index in [1.165, 1.54) is 4.90 Å². The second-order valence-corrected chi connectivity index (χ2v) is 6.43. The molecule has 0 radical (unpaired) electrons. The Labute approximate surface area is 168 Å². The fraction of sp³-hybridized carbons (Fsp3) is 0.273. The Morgan fingerprint density at radius 3 is 2.34 bits per heavy atom. The first-order valence-electron chi connectivity index (χ1n) is 9.39. The average molecular weight is 401 g/mol. The summed E-state index contributed by atoms with van der Waals surface area (Å²) < 4.78 is 46.5. The first kappa shape index (κ1) is 20.6. The van der Waals surface area contributed by atoms with Gasteiger partial charge >= 0.3 is 12.2 Å². The molecule has 0 aliphatic heterocycles. The molecule has 3 rings (SSSR count). The molecule has 3 aromatic rings. The summed E-state index contributed by atoms with van der Waals surface area (Å²) in [5, 5.41) is 0. The standard InChI is InChI=1S/C22H22F3N3O/c1-3-16-11-8-12-18(13-16)28(4-2)20-19(22(23,24)25)14-26-21(27-20)29-15-17-9-6-5-7-10-17/h5-14H,3-4,15H2,1-2H3. The first-order chi connectivity index (χ1) is 13.9. The quantitative estimate of drug-likeness (QED) is 0.502. The van der Waals surface area contributed by atoms with Crippen molar-refractivity contribution in [1.82, 2.24) is 9.97 Å². The average Bonchev–Trinajstić information content (AvgIpc) is 2.73. The Hall–Kier alpha value is -3.09. The highest BCUT2D eigenvalue weighted by Gasteiger charge is 2.37. The van der Waals surface area contributed by atoms with Crippen LogP contribution >= 0.6 is 0 Å². The number of alkyl halides is 3. The van der Waals surface area contributed by atoms with Gasteiger partial charge in [-0.1, -0.05) is 49.4 Å². The molecule has 1 heterocycles. The molecule has 0 unspecified atom stereocenters. The van der Waals surface area contributed by atoms with Gasteiger partial charge in [-0.15, -0.1) is 0 Å². The molecule has 0 spiro atoms. The highest BCUT2D eigenvalue weighted by atomic mass is 19.4. The van der Waals surface area contributed by atoms with Crippen LogP contribution in [-0.2, 0) is 19.2 Å². The Morgan fingerprint density at radius 1 is 0.966 bits per heavy atom. The van der Waals surface area contributed by atoms with E-state index >= 15 is 0 Å². The van der Waals surface area contributed by atoms with Crippen molar-refractivity contribution >= 4 is 11.5 Å². The van der Waals surface area contributed by atoms with Gasteiger partial charge in [0.2, 0.25) is 0 Å². The molecule has 0 fully saturated rings. The fourth-order valence-electron chi connectivity index (χ4n) is 2.95. The second kappa shape index (κ2) is 8.94. The van der Waals surface area contributed by atoms with Crippen molar-refractivity contribution in [3.8, 4) is 6.01 Å². The molecule has 0 saturated heterocycles. The maximum absolute atomic E-state index is 13.6. The number of ether oxygens (including phenoxy) is 1. The van der Waals surface area contributed by atoms with E-state index in [4.69, 9.17) is 4.74 Å². The minimum atomic E-state index is -4.58. The van der Waals surface area contributed by atoms with E-state index in [0.29, 0.717) is 12.2 Å². The summed E-state index contributed by atoms with van der Waals surface area (Å²) in [6.45, 7) is 4.26. The molecular weight excluding hydrogens is 379 g/mol. The van der Waals surface area contributed by atoms with Crippen LogP contribution in [0.4, 0.5) is 24.7 Å². The van der Waals surface area contributed by atoms with E-state index in [9.17, 15) is 13.2 Å². The maximum Gasteiger partial charge on any atom is 0.421 e. The van der Waals surface area contributed by atoms with Gasteiger partial charge in [0.25, 0.3) is 0 Å². The lowest BCUT2D eigenvalue weighted by atomic mass is 10.1. The molecule has 4 nitrogen and oxygen atoms in total. The van der Waals surface area contributed by atoms with Gasteiger partial charge in [-0.3, -0.25) is 0 Å². The third-order valence-corrected chi connectivity index (χ3v) is 4.47. The Balaban J connectivity index is 1.98. The zero-order valence-corrected chi connectivity index (χ0v) is 16.3. The lowest BCUT2D eigenvalue weighted by Gasteiger charge is -2.26. The Bertz CT molecular complexity index is 946. The molecular formula is C22H22F3N3O. The molecule has 29 heavy (non-hydrogen) atoms. The van der Waals surface area contributed by atoms with Crippen molar-refractivity contribution in [2.75, 3.05) is 11.4 Å². The van der Waals surface area contributed by atoms with Crippen molar-refractivity contribution < 1.29 is 17.9 Å². The number of nitrogens with zero attached hydrogens (tertiary/aromatic N) is 3. The number of hydrogen-bond acceptors (Lipinski definition) is 4. The molecule has 0 bridgehead atoms. The number of hydrogen-bond donors (Lipinski definition) is 0. The summed E-state index contributed by atoms with van der Waals surface area (Å²) in [5.41, 5.74) is 1.66. The van der Waals surface area contributed by atoms with Gasteiger partial charge in [0, 0.05) is 18.4 Å². The van der Waals surface area contributed by atoms with Crippen LogP contribution < -0.4 is 9.64 Å². The summed E-state index contributed by atoms with van der Waals surface area (Å²) in [5.74, 6) is -0.216. The van der Waals surface area contributed by atoms with Gasteiger partial charge in [0.05, 0.1) is 0 Å². The third-order valence-electron chi connectivity index (χ3n) is 4.47. The zero-order valence-electron chi connectivity index (χ0n) is 16.3. The van der Waals surface area contributed by atoms with E-state index in [1.54, 1.807) is 13.0 Å². The largest absolute Gasteiger partial charge is 0.459 e. The summed E-state index contributed by atoms with van der Waals surface area (Å²) in [7, 11) is 0. The second-order valence-electron chi connectivity index (χ2n) is 6.43. The third kappa shape index (κ3) is 5.04. The number of halogens is 3. The van der Waals surface area contributed by atoms with Gasteiger partial charge < -0.3 is 9.64 Å². The molecule has 0 N–H and O–H groups in total. The lowest BCUT2D eigenvalue weighted by Crippen LogP contribution is -2.23. The summed E-state index contributed by atoms with van der Waals surface area (Å²) >= 11 is 0. The predicted octanol–water partition coefficient (Wildman–Crippen LogP) is 5.79. The molecule has 0 saturated carbocycles. The van der Waals surface area contributed by atoms with Crippen molar-refractivity contribution in [3.05, 3.63) is 77.5 Å². The highest BCUT2D eigenvalue weighted by molar-refractivity contribution is 5.64. The van der Waals surface area contributed by atoms with Crippen LogP contribution in [0.3, 0.4) is 0 Å². The van der Waals surface area contributed by atoms with Crippen LogP contribution in [0.5, 0.6) is 6.01 Å². The monoisotopic (exact) mass is 401 g/mol. The van der Waals surface area contributed by atoms with E-state index in [1.807, 2.05) is 55.5 Å². The smallest absolute Gasteiger partial charge is 0.421 e. The molecule has 0 aliphatic rings. The first-order valence-corrected chi connectivity index (χ1v) is 9.39. The van der Waals surface area contributed by atoms with Crippen LogP contribution in [0.25, 0.3) is 0 Å². The van der Waals surface area contributed by atoms with Gasteiger partial charge in [-0.2, -0.15) is 18.2 Å². The van der Waals surface area contributed by atoms with Crippen molar-refractivity contribution in [1.29, 1.82) is 0 Å². The Morgan fingerprint density at radius 2 is 1.69 bits per heavy atom. The number of aryl methyl sites for hydroxylation is 1. The van der Waals surface area contributed by atoms with Gasteiger partial charge in [0.1, 0.15) is 12.2 Å². The molecule has 7 heteroatoms. The van der Waals surface area contributed by atoms with E-state index in [-0.39, 0.29) is 18.4 Å². The summed E-state index contributed by atoms with van der Waals surface area (Å²) in [4.78, 5) is 9.44. The van der Waals surface area contributed by atoms with Crippen molar-refractivity contribution in [2.24, 2.45) is 0 Å². The van der Waals surface area contributed by atoms with Crippen molar-refractivity contribution in [2.45, 2.75) is 33.1 Å². The van der Waals surface area contributed by atoms with Crippen molar-refractivity contribution in [3.63, 3.8) is 0 Å². The van der Waals surface area contributed by atoms with E-state index in [2.05, 4.69) is 9.97 Å². The van der Waals surface area contributed by atoms with Gasteiger partial charge in [0.15, 0.2) is 5.82 Å². The molecule has 152 valence electrons. The van der Waals surface area contributed by atoms with Gasteiger partial charge in [-0.25, -0.2) is 4.98 Å². The topological polar surface area (TPSA) is 38.2 Å². The van der Waals surface area contributed by atoms with Crippen LogP contribution in [0, 0.1) is 0 Å². The minimum Gasteiger partial charge on any atom is -0.459 e. The minimum absolute atomic E-state index is 0.0954. The predicted molar refractivity (Wildman–Crippen MR) is 106 cm³/mol. The molecule has 2 aromatic carbocycles. The fourth-order valence-corrected chi connectivity index (χ4v) is 2.95. The molecule has 0 amide bonds. The van der Waals surface area contributed by atoms with Gasteiger partial charge in [-0.05, 0) is 36.6 Å². The summed E-state index contributed by atoms with van der Waals surface area (Å²) in [6.07, 6.45) is -3.01. The normalized spacial score (nSPS) is 11.3. The van der Waals surface area contributed by atoms with Crippen LogP contribution in [0.2, 0.25) is 0 Å². The van der Waals surface area contributed by atoms with E-state index in [0.717, 1.165) is 23.7 Å². The summed E-state index contributed by atoms with van der Waals surface area (Å²) in [6, 6.07) is 16.6. The molecule has 0 atom stereocenters. The molecule has 1 aromatic heterocycles. The zero-order chi connectivity index (χ0) is 20.9. The number of anilines is 2. The number of rotatable bonds is 7. The number of benzene rings is 2. The maximum atomic E-state index is 13.6. The van der Waals surface area contributed by atoms with Crippen LogP contribution in [-0.4, -0.2) is 16.5 Å². The lowest BCUT2D eigenvalue weighted by molar-refractivity contribution is -0.137. The van der Waals surface area contributed by atoms with Crippen LogP contribution in [0.15, 0.2) is 60.8 Å². The Kier molecular flexibility index (Phi) is 6.36. The highest BCUT2D eigenvalue weighted by Crippen LogP contribution is 2.38. The van der Waals surface area contributed by atoms with Crippen LogP contribution in [0.1, 0.15) is 30.5 Å². The SMILES string of the molecule is CCc1cccc(N(CC)c2nc(OCc3ccccc3)ncc2C(F)(F)F)c1. The van der Waals surface area contributed by atoms with E-state index < -0.39 is 11.7 Å². The number of aromatic nitrogens is 2. The molecule has 0 aliphatic carbocycles.